The minimum Gasteiger partial charge on any atom is -0.396 e. The quantitative estimate of drug-likeness (QED) is 0.615. The molecule has 0 saturated carbocycles. The smallest absolute Gasteiger partial charge is 0.315 e. The van der Waals surface area contributed by atoms with Crippen molar-refractivity contribution >= 4 is 6.03 Å². The fraction of sp³-hybridized carbons (Fsp3) is 0.857. The summed E-state index contributed by atoms with van der Waals surface area (Å²) in [7, 11) is 0. The lowest BCUT2D eigenvalue weighted by molar-refractivity contribution is 0.183. The third kappa shape index (κ3) is 3.83. The molecule has 11 heavy (non-hydrogen) atoms. The zero-order valence-electron chi connectivity index (χ0n) is 7.08. The first-order chi connectivity index (χ1) is 5.09. The second-order valence-electron chi connectivity index (χ2n) is 2.70. The Labute approximate surface area is 67.0 Å². The SMILES string of the molecule is CC(C)N(CCCO)C(N)=O. The van der Waals surface area contributed by atoms with E-state index in [9.17, 15) is 4.79 Å². The van der Waals surface area contributed by atoms with Crippen LogP contribution in [0.2, 0.25) is 0 Å². The van der Waals surface area contributed by atoms with Crippen LogP contribution in [0.4, 0.5) is 4.79 Å². The van der Waals surface area contributed by atoms with Gasteiger partial charge in [-0.3, -0.25) is 0 Å². The molecular weight excluding hydrogens is 144 g/mol. The van der Waals surface area contributed by atoms with Crippen molar-refractivity contribution in [1.29, 1.82) is 0 Å². The third-order valence-electron chi connectivity index (χ3n) is 1.46. The number of hydrogen-bond acceptors (Lipinski definition) is 2. The highest BCUT2D eigenvalue weighted by Crippen LogP contribution is 1.98. The lowest BCUT2D eigenvalue weighted by Gasteiger charge is -2.23. The average Bonchev–Trinajstić information content (AvgIpc) is 1.87. The van der Waals surface area contributed by atoms with Gasteiger partial charge in [0.25, 0.3) is 0 Å². The van der Waals surface area contributed by atoms with Gasteiger partial charge in [0.05, 0.1) is 0 Å². The van der Waals surface area contributed by atoms with Crippen molar-refractivity contribution in [2.24, 2.45) is 5.73 Å². The standard InChI is InChI=1S/C7H16N2O2/c1-6(2)9(7(8)11)4-3-5-10/h6,10H,3-5H2,1-2H3,(H2,8,11). The van der Waals surface area contributed by atoms with Gasteiger partial charge in [0.1, 0.15) is 0 Å². The largest absolute Gasteiger partial charge is 0.396 e. The van der Waals surface area contributed by atoms with Crippen LogP contribution < -0.4 is 5.73 Å². The molecule has 0 aliphatic heterocycles. The summed E-state index contributed by atoms with van der Waals surface area (Å²) in [4.78, 5) is 12.2. The van der Waals surface area contributed by atoms with Crippen molar-refractivity contribution in [3.63, 3.8) is 0 Å². The number of rotatable bonds is 4. The van der Waals surface area contributed by atoms with Crippen LogP contribution in [0.3, 0.4) is 0 Å². The molecule has 0 fully saturated rings. The molecule has 2 amide bonds. The first kappa shape index (κ1) is 10.2. The molecule has 3 N–H and O–H groups in total. The van der Waals surface area contributed by atoms with E-state index in [1.807, 2.05) is 13.8 Å². The van der Waals surface area contributed by atoms with E-state index in [2.05, 4.69) is 0 Å². The number of aliphatic hydroxyl groups excluding tert-OH is 1. The molecule has 0 aliphatic carbocycles. The fourth-order valence-electron chi connectivity index (χ4n) is 0.864. The Balaban J connectivity index is 3.80. The Kier molecular flexibility index (Phi) is 4.61. The molecule has 0 atom stereocenters. The lowest BCUT2D eigenvalue weighted by Crippen LogP contribution is -2.41. The van der Waals surface area contributed by atoms with Gasteiger partial charge in [-0.25, -0.2) is 4.79 Å². The zero-order valence-corrected chi connectivity index (χ0v) is 7.08. The highest BCUT2D eigenvalue weighted by Gasteiger charge is 2.11. The molecule has 4 nitrogen and oxygen atoms in total. The topological polar surface area (TPSA) is 66.6 Å². The normalized spacial score (nSPS) is 10.2. The minimum absolute atomic E-state index is 0.0938. The molecule has 0 aliphatic rings. The van der Waals surface area contributed by atoms with Gasteiger partial charge >= 0.3 is 6.03 Å². The Hall–Kier alpha value is -0.770. The summed E-state index contributed by atoms with van der Waals surface area (Å²) in [5.74, 6) is 0. The molecule has 0 saturated heterocycles. The van der Waals surface area contributed by atoms with E-state index < -0.39 is 6.03 Å². The third-order valence-corrected chi connectivity index (χ3v) is 1.46. The number of aliphatic hydroxyl groups is 1. The highest BCUT2D eigenvalue weighted by molar-refractivity contribution is 5.72. The number of carbonyl (C=O) groups excluding carboxylic acids is 1. The van der Waals surface area contributed by atoms with Gasteiger partial charge in [-0.2, -0.15) is 0 Å². The number of amides is 2. The number of nitrogens with two attached hydrogens (primary N) is 1. The zero-order chi connectivity index (χ0) is 8.85. The van der Waals surface area contributed by atoms with Crippen LogP contribution in [0.25, 0.3) is 0 Å². The van der Waals surface area contributed by atoms with Crippen LogP contribution >= 0.6 is 0 Å². The van der Waals surface area contributed by atoms with Gasteiger partial charge in [0.2, 0.25) is 0 Å². The maximum absolute atomic E-state index is 10.7. The first-order valence-corrected chi connectivity index (χ1v) is 3.76. The summed E-state index contributed by atoms with van der Waals surface area (Å²) >= 11 is 0. The van der Waals surface area contributed by atoms with Crippen molar-refractivity contribution in [3.8, 4) is 0 Å². The second kappa shape index (κ2) is 4.96. The average molecular weight is 160 g/mol. The predicted molar refractivity (Wildman–Crippen MR) is 43.1 cm³/mol. The van der Waals surface area contributed by atoms with Crippen molar-refractivity contribution in [1.82, 2.24) is 4.90 Å². The van der Waals surface area contributed by atoms with Crippen molar-refractivity contribution in [2.45, 2.75) is 26.3 Å². The Morgan fingerprint density at radius 2 is 2.18 bits per heavy atom. The molecule has 0 unspecified atom stereocenters. The maximum atomic E-state index is 10.7. The van der Waals surface area contributed by atoms with Gasteiger partial charge in [-0.15, -0.1) is 0 Å². The highest BCUT2D eigenvalue weighted by atomic mass is 16.3. The molecule has 0 bridgehead atoms. The van der Waals surface area contributed by atoms with Crippen molar-refractivity contribution < 1.29 is 9.90 Å². The second-order valence-corrected chi connectivity index (χ2v) is 2.70. The molecular formula is C7H16N2O2. The van der Waals surface area contributed by atoms with Gasteiger partial charge in [-0.1, -0.05) is 0 Å². The summed E-state index contributed by atoms with van der Waals surface area (Å²) in [6.45, 7) is 4.41. The molecule has 0 aromatic rings. The van der Waals surface area contributed by atoms with E-state index in [1.54, 1.807) is 0 Å². The predicted octanol–water partition coefficient (Wildman–Crippen LogP) is 0.158. The van der Waals surface area contributed by atoms with E-state index in [1.165, 1.54) is 4.90 Å². The summed E-state index contributed by atoms with van der Waals surface area (Å²) in [6, 6.07) is -0.312. The van der Waals surface area contributed by atoms with E-state index in [0.717, 1.165) is 0 Å². The van der Waals surface area contributed by atoms with Crippen LogP contribution in [0.5, 0.6) is 0 Å². The molecule has 0 radical (unpaired) electrons. The summed E-state index contributed by atoms with van der Waals surface area (Å²) in [5, 5.41) is 8.50. The minimum atomic E-state index is -0.423. The fourth-order valence-corrected chi connectivity index (χ4v) is 0.864. The number of urea groups is 1. The summed E-state index contributed by atoms with van der Waals surface area (Å²) in [6.07, 6.45) is 0.584. The Bertz CT molecular complexity index is 126. The Morgan fingerprint density at radius 1 is 1.64 bits per heavy atom. The number of hydrogen-bond donors (Lipinski definition) is 2. The van der Waals surface area contributed by atoms with Crippen molar-refractivity contribution in [3.05, 3.63) is 0 Å². The van der Waals surface area contributed by atoms with Gasteiger partial charge in [0, 0.05) is 19.2 Å². The molecule has 0 heterocycles. The van der Waals surface area contributed by atoms with Crippen LogP contribution in [-0.4, -0.2) is 35.2 Å². The van der Waals surface area contributed by atoms with Crippen LogP contribution in [0.1, 0.15) is 20.3 Å². The van der Waals surface area contributed by atoms with Crippen molar-refractivity contribution in [2.75, 3.05) is 13.2 Å². The van der Waals surface area contributed by atoms with E-state index in [0.29, 0.717) is 13.0 Å². The Morgan fingerprint density at radius 3 is 2.45 bits per heavy atom. The molecule has 0 spiro atoms. The molecule has 0 aromatic heterocycles. The molecule has 0 aromatic carbocycles. The number of carbonyl (C=O) groups is 1. The van der Waals surface area contributed by atoms with Crippen LogP contribution in [0, 0.1) is 0 Å². The lowest BCUT2D eigenvalue weighted by atomic mass is 10.3. The molecule has 4 heteroatoms. The molecule has 0 rings (SSSR count). The van der Waals surface area contributed by atoms with Crippen LogP contribution in [0.15, 0.2) is 0 Å². The first-order valence-electron chi connectivity index (χ1n) is 3.76. The monoisotopic (exact) mass is 160 g/mol. The number of nitrogens with zero attached hydrogens (tertiary/aromatic N) is 1. The van der Waals surface area contributed by atoms with Gasteiger partial charge in [0.15, 0.2) is 0 Å². The van der Waals surface area contributed by atoms with E-state index >= 15 is 0 Å². The molecule has 66 valence electrons. The van der Waals surface area contributed by atoms with E-state index in [-0.39, 0.29) is 12.6 Å². The number of primary amides is 1. The van der Waals surface area contributed by atoms with Crippen LogP contribution in [-0.2, 0) is 0 Å². The van der Waals surface area contributed by atoms with Gasteiger partial charge in [-0.05, 0) is 20.3 Å². The van der Waals surface area contributed by atoms with E-state index in [4.69, 9.17) is 10.8 Å². The summed E-state index contributed by atoms with van der Waals surface area (Å²) in [5.41, 5.74) is 5.08. The maximum Gasteiger partial charge on any atom is 0.315 e. The summed E-state index contributed by atoms with van der Waals surface area (Å²) < 4.78 is 0. The van der Waals surface area contributed by atoms with Gasteiger partial charge < -0.3 is 15.7 Å².